The summed E-state index contributed by atoms with van der Waals surface area (Å²) in [5, 5.41) is 3.25. The first kappa shape index (κ1) is 9.66. The summed E-state index contributed by atoms with van der Waals surface area (Å²) in [7, 11) is 1.94. The third kappa shape index (κ3) is 2.32. The van der Waals surface area contributed by atoms with Gasteiger partial charge in [0.05, 0.1) is 0 Å². The van der Waals surface area contributed by atoms with Crippen LogP contribution in [-0.4, -0.2) is 7.05 Å². The molecule has 1 aromatic rings. The molecule has 1 aliphatic carbocycles. The second-order valence-electron chi connectivity index (χ2n) is 4.08. The maximum absolute atomic E-state index is 13.0. The van der Waals surface area contributed by atoms with E-state index in [9.17, 15) is 4.39 Å². The van der Waals surface area contributed by atoms with Crippen molar-refractivity contribution in [3.63, 3.8) is 0 Å². The average molecular weight is 193 g/mol. The molecule has 0 bridgehead atoms. The first-order chi connectivity index (χ1) is 6.79. The fraction of sp³-hybridized carbons (Fsp3) is 0.500. The van der Waals surface area contributed by atoms with Crippen molar-refractivity contribution in [2.75, 3.05) is 7.05 Å². The van der Waals surface area contributed by atoms with Crippen LogP contribution in [0.5, 0.6) is 0 Å². The minimum absolute atomic E-state index is 0.140. The lowest BCUT2D eigenvalue weighted by molar-refractivity contribution is 0.510. The molecule has 2 rings (SSSR count). The Morgan fingerprint density at radius 1 is 1.50 bits per heavy atom. The van der Waals surface area contributed by atoms with Crippen LogP contribution >= 0.6 is 0 Å². The molecule has 1 unspecified atom stereocenters. The minimum Gasteiger partial charge on any atom is -0.313 e. The number of halogens is 1. The molecule has 1 atom stereocenters. The predicted octanol–water partition coefficient (Wildman–Crippen LogP) is 2.89. The molecular weight excluding hydrogens is 177 g/mol. The van der Waals surface area contributed by atoms with E-state index in [4.69, 9.17) is 0 Å². The van der Waals surface area contributed by atoms with Crippen molar-refractivity contribution in [3.8, 4) is 0 Å². The highest BCUT2D eigenvalue weighted by molar-refractivity contribution is 5.20. The van der Waals surface area contributed by atoms with Crippen LogP contribution in [0.15, 0.2) is 24.3 Å². The molecule has 0 radical (unpaired) electrons. The average Bonchev–Trinajstić information content (AvgIpc) is 2.98. The molecule has 0 aromatic heterocycles. The fourth-order valence-corrected chi connectivity index (χ4v) is 1.83. The SMILES string of the molecule is CNC(CC1CC1)c1cccc(F)c1. The Balaban J connectivity index is 2.08. The maximum atomic E-state index is 13.0. The van der Waals surface area contributed by atoms with Gasteiger partial charge in [0.15, 0.2) is 0 Å². The van der Waals surface area contributed by atoms with E-state index in [1.54, 1.807) is 12.1 Å². The van der Waals surface area contributed by atoms with Gasteiger partial charge in [-0.2, -0.15) is 0 Å². The van der Waals surface area contributed by atoms with E-state index < -0.39 is 0 Å². The number of hydrogen-bond acceptors (Lipinski definition) is 1. The van der Waals surface area contributed by atoms with E-state index in [0.717, 1.165) is 17.9 Å². The van der Waals surface area contributed by atoms with Crippen molar-refractivity contribution < 1.29 is 4.39 Å². The first-order valence-electron chi connectivity index (χ1n) is 5.22. The second kappa shape index (κ2) is 4.09. The summed E-state index contributed by atoms with van der Waals surface area (Å²) in [5.74, 6) is 0.717. The largest absolute Gasteiger partial charge is 0.313 e. The molecular formula is C12H16FN. The zero-order valence-corrected chi connectivity index (χ0v) is 8.46. The van der Waals surface area contributed by atoms with Gasteiger partial charge in [0.1, 0.15) is 5.82 Å². The van der Waals surface area contributed by atoms with Crippen LogP contribution in [0.4, 0.5) is 4.39 Å². The predicted molar refractivity (Wildman–Crippen MR) is 55.5 cm³/mol. The lowest BCUT2D eigenvalue weighted by Gasteiger charge is -2.16. The van der Waals surface area contributed by atoms with Gasteiger partial charge in [0.25, 0.3) is 0 Å². The van der Waals surface area contributed by atoms with Gasteiger partial charge in [-0.1, -0.05) is 25.0 Å². The standard InChI is InChI=1S/C12H16FN/c1-14-12(7-9-5-6-9)10-3-2-4-11(13)8-10/h2-4,8-9,12,14H,5-7H2,1H3. The lowest BCUT2D eigenvalue weighted by atomic mass is 10.0. The van der Waals surface area contributed by atoms with E-state index in [2.05, 4.69) is 5.32 Å². The van der Waals surface area contributed by atoms with Crippen LogP contribution in [0.2, 0.25) is 0 Å². The second-order valence-corrected chi connectivity index (χ2v) is 4.08. The maximum Gasteiger partial charge on any atom is 0.123 e. The molecule has 1 aromatic carbocycles. The van der Waals surface area contributed by atoms with Gasteiger partial charge in [0.2, 0.25) is 0 Å². The Kier molecular flexibility index (Phi) is 2.82. The minimum atomic E-state index is -0.140. The Hall–Kier alpha value is -0.890. The van der Waals surface area contributed by atoms with Crippen LogP contribution in [0, 0.1) is 11.7 Å². The fourth-order valence-electron chi connectivity index (χ4n) is 1.83. The van der Waals surface area contributed by atoms with Crippen molar-refractivity contribution in [2.45, 2.75) is 25.3 Å². The van der Waals surface area contributed by atoms with E-state index in [1.807, 2.05) is 13.1 Å². The molecule has 76 valence electrons. The van der Waals surface area contributed by atoms with Crippen LogP contribution < -0.4 is 5.32 Å². The third-order valence-corrected chi connectivity index (χ3v) is 2.87. The molecule has 1 fully saturated rings. The van der Waals surface area contributed by atoms with Crippen LogP contribution in [0.3, 0.4) is 0 Å². The quantitative estimate of drug-likeness (QED) is 0.775. The Morgan fingerprint density at radius 3 is 2.86 bits per heavy atom. The topological polar surface area (TPSA) is 12.0 Å². The lowest BCUT2D eigenvalue weighted by Crippen LogP contribution is -2.17. The number of hydrogen-bond donors (Lipinski definition) is 1. The van der Waals surface area contributed by atoms with Gasteiger partial charge in [-0.05, 0) is 37.1 Å². The summed E-state index contributed by atoms with van der Waals surface area (Å²) in [5.41, 5.74) is 1.07. The third-order valence-electron chi connectivity index (χ3n) is 2.87. The van der Waals surface area contributed by atoms with Crippen molar-refractivity contribution in [1.29, 1.82) is 0 Å². The Labute approximate surface area is 84.3 Å². The summed E-state index contributed by atoms with van der Waals surface area (Å²) in [6, 6.07) is 7.21. The van der Waals surface area contributed by atoms with Crippen molar-refractivity contribution in [3.05, 3.63) is 35.6 Å². The number of benzene rings is 1. The smallest absolute Gasteiger partial charge is 0.123 e. The van der Waals surface area contributed by atoms with Crippen molar-refractivity contribution >= 4 is 0 Å². The molecule has 0 saturated heterocycles. The van der Waals surface area contributed by atoms with Crippen molar-refractivity contribution in [2.24, 2.45) is 5.92 Å². The van der Waals surface area contributed by atoms with Crippen molar-refractivity contribution in [1.82, 2.24) is 5.32 Å². The summed E-state index contributed by atoms with van der Waals surface area (Å²) in [6.45, 7) is 0. The van der Waals surface area contributed by atoms with Crippen LogP contribution in [0.1, 0.15) is 30.9 Å². The van der Waals surface area contributed by atoms with E-state index in [0.29, 0.717) is 6.04 Å². The molecule has 1 aliphatic rings. The van der Waals surface area contributed by atoms with Crippen LogP contribution in [0.25, 0.3) is 0 Å². The Morgan fingerprint density at radius 2 is 2.29 bits per heavy atom. The normalized spacial score (nSPS) is 18.1. The molecule has 0 amide bonds. The van der Waals surface area contributed by atoms with Gasteiger partial charge in [-0.15, -0.1) is 0 Å². The summed E-state index contributed by atoms with van der Waals surface area (Å²) in [4.78, 5) is 0. The molecule has 0 aliphatic heterocycles. The van der Waals surface area contributed by atoms with Gasteiger partial charge in [-0.3, -0.25) is 0 Å². The summed E-state index contributed by atoms with van der Waals surface area (Å²) >= 11 is 0. The van der Waals surface area contributed by atoms with Gasteiger partial charge >= 0.3 is 0 Å². The zero-order chi connectivity index (χ0) is 9.97. The molecule has 1 N–H and O–H groups in total. The van der Waals surface area contributed by atoms with Gasteiger partial charge in [-0.25, -0.2) is 4.39 Å². The first-order valence-corrected chi connectivity index (χ1v) is 5.22. The highest BCUT2D eigenvalue weighted by Gasteiger charge is 2.25. The Bertz CT molecular complexity index is 307. The van der Waals surface area contributed by atoms with E-state index >= 15 is 0 Å². The zero-order valence-electron chi connectivity index (χ0n) is 8.46. The number of rotatable bonds is 4. The molecule has 0 heterocycles. The van der Waals surface area contributed by atoms with Crippen LogP contribution in [-0.2, 0) is 0 Å². The summed E-state index contributed by atoms with van der Waals surface area (Å²) < 4.78 is 13.0. The highest BCUT2D eigenvalue weighted by atomic mass is 19.1. The molecule has 1 nitrogen and oxygen atoms in total. The van der Waals surface area contributed by atoms with Gasteiger partial charge in [0, 0.05) is 6.04 Å². The molecule has 2 heteroatoms. The molecule has 0 spiro atoms. The molecule has 14 heavy (non-hydrogen) atoms. The monoisotopic (exact) mass is 193 g/mol. The van der Waals surface area contributed by atoms with Gasteiger partial charge < -0.3 is 5.32 Å². The van der Waals surface area contributed by atoms with E-state index in [1.165, 1.54) is 18.9 Å². The highest BCUT2D eigenvalue weighted by Crippen LogP contribution is 2.37. The van der Waals surface area contributed by atoms with E-state index in [-0.39, 0.29) is 5.82 Å². The number of nitrogens with one attached hydrogen (secondary N) is 1. The summed E-state index contributed by atoms with van der Waals surface area (Å²) in [6.07, 6.45) is 3.82. The molecule has 1 saturated carbocycles.